The van der Waals surface area contributed by atoms with E-state index in [9.17, 15) is 44.7 Å². The monoisotopic (exact) mass is 742 g/mol. The van der Waals surface area contributed by atoms with Crippen LogP contribution in [0.15, 0.2) is 24.3 Å². The third-order valence-electron chi connectivity index (χ3n) is 9.09. The van der Waals surface area contributed by atoms with Crippen molar-refractivity contribution in [3.63, 3.8) is 0 Å². The maximum atomic E-state index is 13.5. The highest BCUT2D eigenvalue weighted by Crippen LogP contribution is 2.41. The number of aryl methyl sites for hydroxylation is 1. The Labute approximate surface area is 285 Å². The molecule has 1 aliphatic heterocycles. The fraction of sp³-hybridized carbons (Fsp3) is 0.516. The largest absolute Gasteiger partial charge is 0.402 e. The molecule has 0 atom stereocenters. The van der Waals surface area contributed by atoms with Crippen molar-refractivity contribution in [1.29, 1.82) is 0 Å². The molecule has 0 bridgehead atoms. The molecule has 18 heteroatoms. The van der Waals surface area contributed by atoms with Crippen LogP contribution in [0.3, 0.4) is 0 Å². The van der Waals surface area contributed by atoms with Crippen LogP contribution in [0, 0.1) is 11.3 Å². The van der Waals surface area contributed by atoms with Gasteiger partial charge in [0.15, 0.2) is 0 Å². The van der Waals surface area contributed by atoms with Gasteiger partial charge in [0.2, 0.25) is 11.9 Å². The molecule has 1 aliphatic carbocycles. The normalized spacial score (nSPS) is 17.6. The van der Waals surface area contributed by atoms with E-state index < -0.39 is 60.3 Å². The van der Waals surface area contributed by atoms with Gasteiger partial charge in [-0.05, 0) is 50.5 Å². The number of anilines is 3. The van der Waals surface area contributed by atoms with Crippen LogP contribution in [-0.4, -0.2) is 58.8 Å². The topological polar surface area (TPSA) is 91.3 Å². The van der Waals surface area contributed by atoms with Gasteiger partial charge in [0.05, 0.1) is 43.9 Å². The van der Waals surface area contributed by atoms with Crippen molar-refractivity contribution in [2.75, 3.05) is 23.3 Å². The first-order valence-electron chi connectivity index (χ1n) is 15.2. The summed E-state index contributed by atoms with van der Waals surface area (Å²) in [6.07, 6.45) is -10.6. The van der Waals surface area contributed by atoms with E-state index in [0.29, 0.717) is 11.2 Å². The lowest BCUT2D eigenvalue weighted by molar-refractivity contribution is -0.211. The van der Waals surface area contributed by atoms with Gasteiger partial charge in [-0.25, -0.2) is 13.8 Å². The fourth-order valence-corrected chi connectivity index (χ4v) is 6.27. The molecular weight excluding hydrogens is 711 g/mol. The van der Waals surface area contributed by atoms with E-state index in [-0.39, 0.29) is 70.8 Å². The van der Waals surface area contributed by atoms with Crippen molar-refractivity contribution in [2.24, 2.45) is 18.4 Å². The molecule has 2 amide bonds. The molecular formula is C31H32Cl2F8N6O2. The number of nitrogens with zero attached hydrogens (tertiary/aromatic N) is 3. The Morgan fingerprint density at radius 2 is 1.65 bits per heavy atom. The number of amides is 2. The Morgan fingerprint density at radius 1 is 1.02 bits per heavy atom. The number of halogens is 10. The number of carbonyl (C=O) groups excluding carboxylic acids is 2. The molecule has 2 fully saturated rings. The van der Waals surface area contributed by atoms with Crippen LogP contribution < -0.4 is 20.9 Å². The van der Waals surface area contributed by atoms with Gasteiger partial charge in [0.25, 0.3) is 11.8 Å². The predicted molar refractivity (Wildman–Crippen MR) is 169 cm³/mol. The number of rotatable bonds is 8. The minimum atomic E-state index is -4.79. The zero-order chi connectivity index (χ0) is 36.3. The van der Waals surface area contributed by atoms with Gasteiger partial charge in [0, 0.05) is 45.6 Å². The van der Waals surface area contributed by atoms with Crippen LogP contribution in [0.1, 0.15) is 55.5 Å². The molecule has 3 aromatic rings. The zero-order valence-electron chi connectivity index (χ0n) is 26.4. The number of carbonyl (C=O) groups is 2. The van der Waals surface area contributed by atoms with Crippen molar-refractivity contribution < 1.29 is 44.7 Å². The summed E-state index contributed by atoms with van der Waals surface area (Å²) in [5.74, 6) is -6.18. The number of hydrogen-bond acceptors (Lipinski definition) is 5. The summed E-state index contributed by atoms with van der Waals surface area (Å²) in [5.41, 5.74) is -1.23. The van der Waals surface area contributed by atoms with E-state index in [4.69, 9.17) is 23.2 Å². The van der Waals surface area contributed by atoms with Gasteiger partial charge in [-0.15, -0.1) is 0 Å². The molecule has 5 rings (SSSR count). The predicted octanol–water partition coefficient (Wildman–Crippen LogP) is 8.13. The smallest absolute Gasteiger partial charge is 0.371 e. The fourth-order valence-electron chi connectivity index (χ4n) is 5.74. The van der Waals surface area contributed by atoms with Crippen molar-refractivity contribution in [1.82, 2.24) is 20.2 Å². The van der Waals surface area contributed by atoms with Crippen LogP contribution in [0.25, 0.3) is 11.0 Å². The summed E-state index contributed by atoms with van der Waals surface area (Å²) in [6.45, 7) is 1.14. The van der Waals surface area contributed by atoms with Crippen LogP contribution in [0.4, 0.5) is 52.4 Å². The SMILES string of the molecule is Cn1c(Nc2c(Cl)ccc(CNC(=O)C(C)(C)C(F)(F)F)c2Cl)nc2cc(C(=O)NC3CC(F)(F)C3)c(N3CCC(C(F)(F)F)CC3)cc21. The lowest BCUT2D eigenvalue weighted by atomic mass is 9.88. The van der Waals surface area contributed by atoms with E-state index in [1.54, 1.807) is 22.6 Å². The van der Waals surface area contributed by atoms with Crippen molar-refractivity contribution >= 4 is 63.4 Å². The van der Waals surface area contributed by atoms with Crippen molar-refractivity contribution in [2.45, 2.75) is 70.4 Å². The van der Waals surface area contributed by atoms with E-state index in [1.165, 1.54) is 18.2 Å². The quantitative estimate of drug-likeness (QED) is 0.203. The van der Waals surface area contributed by atoms with Gasteiger partial charge in [-0.3, -0.25) is 9.59 Å². The van der Waals surface area contributed by atoms with Crippen LogP contribution >= 0.6 is 23.2 Å². The maximum absolute atomic E-state index is 13.5. The Bertz CT molecular complexity index is 1760. The zero-order valence-corrected chi connectivity index (χ0v) is 27.9. The standard InChI is InChI=1S/C31H32Cl2F8N6O2/c1-28(2,31(39,40)41)26(49)42-14-15-4-5-19(32)24(23(15)33)45-27-44-20-10-18(25(48)43-17-12-29(34,35)13-17)21(11-22(20)46(27)3)47-8-6-16(7-9-47)30(36,37)38/h4-5,10-11,16-17H,6-9,12-14H2,1-3H3,(H,42,49)(H,43,48)(H,44,45). The Balaban J connectivity index is 1.45. The lowest BCUT2D eigenvalue weighted by Gasteiger charge is -2.37. The maximum Gasteiger partial charge on any atom is 0.402 e. The molecule has 1 saturated carbocycles. The van der Waals surface area contributed by atoms with Gasteiger partial charge in [0.1, 0.15) is 5.41 Å². The highest BCUT2D eigenvalue weighted by atomic mass is 35.5. The van der Waals surface area contributed by atoms with Gasteiger partial charge in [-0.2, -0.15) is 26.3 Å². The highest BCUT2D eigenvalue weighted by molar-refractivity contribution is 6.39. The summed E-state index contributed by atoms with van der Waals surface area (Å²) in [5, 5.41) is 7.89. The third kappa shape index (κ3) is 7.49. The molecule has 0 unspecified atom stereocenters. The Hall–Kier alpha value is -3.53. The van der Waals surface area contributed by atoms with E-state index in [2.05, 4.69) is 20.9 Å². The molecule has 0 spiro atoms. The minimum Gasteiger partial charge on any atom is -0.371 e. The second-order valence-corrected chi connectivity index (χ2v) is 13.7. The first-order valence-corrected chi connectivity index (χ1v) is 15.9. The van der Waals surface area contributed by atoms with Crippen molar-refractivity contribution in [3.8, 4) is 0 Å². The first kappa shape index (κ1) is 36.7. The number of nitrogens with one attached hydrogen (secondary N) is 3. The van der Waals surface area contributed by atoms with E-state index >= 15 is 0 Å². The summed E-state index contributed by atoms with van der Waals surface area (Å²) >= 11 is 13.0. The lowest BCUT2D eigenvalue weighted by Crippen LogP contribution is -2.50. The summed E-state index contributed by atoms with van der Waals surface area (Å²) < 4.78 is 109. The second-order valence-electron chi connectivity index (χ2n) is 12.9. The molecule has 3 N–H and O–H groups in total. The molecule has 0 radical (unpaired) electrons. The molecule has 8 nitrogen and oxygen atoms in total. The molecule has 2 aliphatic rings. The number of piperidine rings is 1. The summed E-state index contributed by atoms with van der Waals surface area (Å²) in [4.78, 5) is 31.9. The third-order valence-corrected chi connectivity index (χ3v) is 9.84. The highest BCUT2D eigenvalue weighted by Gasteiger charge is 2.53. The molecule has 1 aromatic heterocycles. The Morgan fingerprint density at radius 3 is 2.22 bits per heavy atom. The second kappa shape index (κ2) is 13.0. The molecule has 268 valence electrons. The number of benzene rings is 2. The molecule has 49 heavy (non-hydrogen) atoms. The number of imidazole rings is 1. The van der Waals surface area contributed by atoms with Gasteiger partial charge >= 0.3 is 12.4 Å². The van der Waals surface area contributed by atoms with Crippen LogP contribution in [0.5, 0.6) is 0 Å². The average Bonchev–Trinajstić information content (AvgIpc) is 3.29. The van der Waals surface area contributed by atoms with E-state index in [0.717, 1.165) is 13.8 Å². The molecule has 2 heterocycles. The average molecular weight is 744 g/mol. The minimum absolute atomic E-state index is 0.00484. The van der Waals surface area contributed by atoms with Crippen LogP contribution in [-0.2, 0) is 18.4 Å². The molecule has 2 aromatic carbocycles. The number of alkyl halides is 8. The summed E-state index contributed by atoms with van der Waals surface area (Å²) in [7, 11) is 1.61. The van der Waals surface area contributed by atoms with E-state index in [1.807, 2.05) is 0 Å². The number of fused-ring (bicyclic) bond motifs is 1. The summed E-state index contributed by atoms with van der Waals surface area (Å²) in [6, 6.07) is 5.09. The van der Waals surface area contributed by atoms with Crippen LogP contribution in [0.2, 0.25) is 10.0 Å². The number of aromatic nitrogens is 2. The first-order chi connectivity index (χ1) is 22.6. The van der Waals surface area contributed by atoms with Crippen molar-refractivity contribution in [3.05, 3.63) is 45.4 Å². The molecule has 1 saturated heterocycles. The number of hydrogen-bond donors (Lipinski definition) is 3. The Kier molecular flexibility index (Phi) is 9.73. The van der Waals surface area contributed by atoms with Gasteiger partial charge < -0.3 is 25.4 Å². The van der Waals surface area contributed by atoms with Gasteiger partial charge in [-0.1, -0.05) is 29.3 Å².